The van der Waals surface area contributed by atoms with Gasteiger partial charge in [-0.05, 0) is 5.41 Å². The van der Waals surface area contributed by atoms with E-state index in [0.717, 1.165) is 0 Å². The number of carbonyl (C=O) groups is 2. The lowest BCUT2D eigenvalue weighted by Crippen LogP contribution is -2.45. The van der Waals surface area contributed by atoms with Crippen molar-refractivity contribution < 1.29 is 9.59 Å². The Labute approximate surface area is 86.5 Å². The highest BCUT2D eigenvalue weighted by molar-refractivity contribution is 6.37. The average molecular weight is 199 g/mol. The zero-order chi connectivity index (χ0) is 11.7. The summed E-state index contributed by atoms with van der Waals surface area (Å²) >= 11 is 0. The molecule has 0 aromatic rings. The first kappa shape index (κ1) is 13.1. The van der Waals surface area contributed by atoms with Crippen LogP contribution in [0.25, 0.3) is 0 Å². The van der Waals surface area contributed by atoms with Gasteiger partial charge >= 0.3 is 0 Å². The van der Waals surface area contributed by atoms with Crippen LogP contribution >= 0.6 is 0 Å². The third-order valence-corrected chi connectivity index (χ3v) is 3.04. The zero-order valence-electron chi connectivity index (χ0n) is 10.3. The minimum Gasteiger partial charge on any atom is -0.342 e. The number of hydrogen-bond acceptors (Lipinski definition) is 2. The second-order valence-electron chi connectivity index (χ2n) is 5.40. The highest BCUT2D eigenvalue weighted by atomic mass is 16.2. The van der Waals surface area contributed by atoms with Gasteiger partial charge in [0.1, 0.15) is 0 Å². The molecule has 1 amide bonds. The predicted molar refractivity (Wildman–Crippen MR) is 56.9 cm³/mol. The lowest BCUT2D eigenvalue weighted by atomic mass is 9.66. The largest absolute Gasteiger partial charge is 0.342 e. The van der Waals surface area contributed by atoms with Crippen molar-refractivity contribution in [1.82, 2.24) is 4.90 Å². The van der Waals surface area contributed by atoms with Crippen LogP contribution in [0, 0.1) is 10.8 Å². The molecule has 0 N–H and O–H groups in total. The number of Topliss-reactive ketones (excluding diaryl/α,β-unsaturated/α-hetero) is 1. The van der Waals surface area contributed by atoms with Crippen molar-refractivity contribution in [2.24, 2.45) is 10.8 Å². The maximum atomic E-state index is 11.9. The summed E-state index contributed by atoms with van der Waals surface area (Å²) in [7, 11) is 3.19. The highest BCUT2D eigenvalue weighted by Crippen LogP contribution is 2.38. The summed E-state index contributed by atoms with van der Waals surface area (Å²) in [4.78, 5) is 24.7. The Morgan fingerprint density at radius 2 is 1.29 bits per heavy atom. The van der Waals surface area contributed by atoms with E-state index in [9.17, 15) is 9.59 Å². The summed E-state index contributed by atoms with van der Waals surface area (Å²) in [6.45, 7) is 9.53. The maximum absolute atomic E-state index is 11.9. The van der Waals surface area contributed by atoms with Gasteiger partial charge in [0.15, 0.2) is 0 Å². The second kappa shape index (κ2) is 3.71. The Kier molecular flexibility index (Phi) is 3.49. The molecule has 0 radical (unpaired) electrons. The summed E-state index contributed by atoms with van der Waals surface area (Å²) in [6, 6.07) is 0. The molecular formula is C11H21NO2. The van der Waals surface area contributed by atoms with Crippen molar-refractivity contribution in [3.8, 4) is 0 Å². The molecule has 0 atom stereocenters. The highest BCUT2D eigenvalue weighted by Gasteiger charge is 2.43. The Bertz CT molecular complexity index is 247. The summed E-state index contributed by atoms with van der Waals surface area (Å²) in [5.74, 6) is -0.750. The minimum atomic E-state index is -0.631. The van der Waals surface area contributed by atoms with Crippen LogP contribution in [0.2, 0.25) is 0 Å². The molecule has 0 aliphatic rings. The van der Waals surface area contributed by atoms with E-state index < -0.39 is 11.3 Å². The van der Waals surface area contributed by atoms with Gasteiger partial charge in [0, 0.05) is 19.5 Å². The van der Waals surface area contributed by atoms with Gasteiger partial charge in [-0.15, -0.1) is 0 Å². The smallest absolute Gasteiger partial charge is 0.290 e. The van der Waals surface area contributed by atoms with Crippen LogP contribution in [0.15, 0.2) is 0 Å². The fourth-order valence-electron chi connectivity index (χ4n) is 0.811. The zero-order valence-corrected chi connectivity index (χ0v) is 10.3. The van der Waals surface area contributed by atoms with Crippen molar-refractivity contribution in [1.29, 1.82) is 0 Å². The predicted octanol–water partition coefficient (Wildman–Crippen LogP) is 1.72. The van der Waals surface area contributed by atoms with Crippen molar-refractivity contribution >= 4 is 11.7 Å². The second-order valence-corrected chi connectivity index (χ2v) is 5.40. The topological polar surface area (TPSA) is 37.4 Å². The third kappa shape index (κ3) is 2.34. The fourth-order valence-corrected chi connectivity index (χ4v) is 0.811. The molecule has 0 bridgehead atoms. The number of nitrogens with zero attached hydrogens (tertiary/aromatic N) is 1. The SMILES string of the molecule is CN(C)C(=O)C(=O)C(C)(C)C(C)(C)C. The van der Waals surface area contributed by atoms with E-state index in [1.165, 1.54) is 4.90 Å². The summed E-state index contributed by atoms with van der Waals surface area (Å²) < 4.78 is 0. The molecule has 0 aliphatic carbocycles. The normalized spacial score (nSPS) is 12.5. The first-order valence-corrected chi connectivity index (χ1v) is 4.78. The number of hydrogen-bond donors (Lipinski definition) is 0. The lowest BCUT2D eigenvalue weighted by molar-refractivity contribution is -0.150. The van der Waals surface area contributed by atoms with Gasteiger partial charge in [0.2, 0.25) is 5.78 Å². The summed E-state index contributed by atoms with van der Waals surface area (Å²) in [5, 5.41) is 0. The van der Waals surface area contributed by atoms with Crippen molar-refractivity contribution in [3.63, 3.8) is 0 Å². The van der Waals surface area contributed by atoms with E-state index in [-0.39, 0.29) is 11.2 Å². The Morgan fingerprint density at radius 1 is 0.929 bits per heavy atom. The molecule has 82 valence electrons. The van der Waals surface area contributed by atoms with Gasteiger partial charge in [0.05, 0.1) is 0 Å². The van der Waals surface area contributed by atoms with Crippen LogP contribution in [-0.4, -0.2) is 30.7 Å². The van der Waals surface area contributed by atoms with Gasteiger partial charge in [-0.25, -0.2) is 0 Å². The molecule has 0 fully saturated rings. The van der Waals surface area contributed by atoms with Gasteiger partial charge in [-0.3, -0.25) is 9.59 Å². The molecule has 0 unspecified atom stereocenters. The first-order valence-electron chi connectivity index (χ1n) is 4.78. The van der Waals surface area contributed by atoms with Gasteiger partial charge in [-0.1, -0.05) is 34.6 Å². The standard InChI is InChI=1S/C11H21NO2/c1-10(2,3)11(4,5)8(13)9(14)12(6)7/h1-7H3. The number of likely N-dealkylation sites (N-methyl/N-ethyl adjacent to an activating group) is 1. The molecule has 3 nitrogen and oxygen atoms in total. The van der Waals surface area contributed by atoms with Crippen molar-refractivity contribution in [2.45, 2.75) is 34.6 Å². The lowest BCUT2D eigenvalue weighted by Gasteiger charge is -2.37. The molecular weight excluding hydrogens is 178 g/mol. The van der Waals surface area contributed by atoms with E-state index in [1.54, 1.807) is 14.1 Å². The Morgan fingerprint density at radius 3 is 1.50 bits per heavy atom. The van der Waals surface area contributed by atoms with E-state index in [2.05, 4.69) is 0 Å². The van der Waals surface area contributed by atoms with Crippen LogP contribution in [0.3, 0.4) is 0 Å². The van der Waals surface area contributed by atoms with Crippen LogP contribution in [-0.2, 0) is 9.59 Å². The molecule has 0 rings (SSSR count). The number of rotatable bonds is 2. The quantitative estimate of drug-likeness (QED) is 0.635. The number of amides is 1. The number of carbonyl (C=O) groups excluding carboxylic acids is 2. The van der Waals surface area contributed by atoms with Crippen LogP contribution < -0.4 is 0 Å². The van der Waals surface area contributed by atoms with Crippen molar-refractivity contribution in [3.05, 3.63) is 0 Å². The molecule has 3 heteroatoms. The Hall–Kier alpha value is -0.860. The monoisotopic (exact) mass is 199 g/mol. The Balaban J connectivity index is 4.96. The fraction of sp³-hybridized carbons (Fsp3) is 0.818. The molecule has 0 saturated carbocycles. The summed E-state index contributed by atoms with van der Waals surface area (Å²) in [6.07, 6.45) is 0. The molecule has 0 aliphatic heterocycles. The average Bonchev–Trinajstić information content (AvgIpc) is 1.99. The summed E-state index contributed by atoms with van der Waals surface area (Å²) in [5.41, 5.74) is -0.843. The van der Waals surface area contributed by atoms with E-state index in [4.69, 9.17) is 0 Å². The molecule has 14 heavy (non-hydrogen) atoms. The molecule has 0 spiro atoms. The number of ketones is 1. The maximum Gasteiger partial charge on any atom is 0.290 e. The third-order valence-electron chi connectivity index (χ3n) is 3.04. The molecule has 0 heterocycles. The van der Waals surface area contributed by atoms with E-state index in [1.807, 2.05) is 34.6 Å². The molecule has 0 saturated heterocycles. The van der Waals surface area contributed by atoms with Gasteiger partial charge < -0.3 is 4.90 Å². The van der Waals surface area contributed by atoms with Crippen molar-refractivity contribution in [2.75, 3.05) is 14.1 Å². The minimum absolute atomic E-state index is 0.213. The van der Waals surface area contributed by atoms with Crippen LogP contribution in [0.4, 0.5) is 0 Å². The molecule has 0 aromatic carbocycles. The first-order chi connectivity index (χ1) is 6.01. The van der Waals surface area contributed by atoms with Gasteiger partial charge in [-0.2, -0.15) is 0 Å². The van der Waals surface area contributed by atoms with E-state index in [0.29, 0.717) is 0 Å². The van der Waals surface area contributed by atoms with Crippen LogP contribution in [0.5, 0.6) is 0 Å². The van der Waals surface area contributed by atoms with Gasteiger partial charge in [0.25, 0.3) is 5.91 Å². The van der Waals surface area contributed by atoms with Crippen LogP contribution in [0.1, 0.15) is 34.6 Å². The van der Waals surface area contributed by atoms with E-state index >= 15 is 0 Å². The molecule has 0 aromatic heterocycles.